The van der Waals surface area contributed by atoms with Gasteiger partial charge in [0.2, 0.25) is 0 Å². The molecule has 4 heteroatoms. The van der Waals surface area contributed by atoms with Crippen LogP contribution >= 0.6 is 0 Å². The number of ether oxygens (including phenoxy) is 1. The van der Waals surface area contributed by atoms with E-state index in [0.29, 0.717) is 6.54 Å². The molecule has 1 aliphatic rings. The standard InChI is InChI=1S/C23H29NO3/c1-14-11-21(27-4)16(3)22-18(14)9-10-19(23(22)26)15(2)12-24-13-17-7-5-6-8-20(17)25/h5-8,11,13,15,19,23,25-26H,9-10,12H2,1-4H3/t15-,19+,23-/m1/s1. The van der Waals surface area contributed by atoms with Crippen LogP contribution in [0.3, 0.4) is 0 Å². The number of aryl methyl sites for hydroxylation is 1. The Balaban J connectivity index is 1.77. The Morgan fingerprint density at radius 3 is 2.74 bits per heavy atom. The fourth-order valence-electron chi connectivity index (χ4n) is 4.24. The summed E-state index contributed by atoms with van der Waals surface area (Å²) in [6.45, 7) is 6.88. The third kappa shape index (κ3) is 3.86. The maximum Gasteiger partial charge on any atom is 0.124 e. The van der Waals surface area contributed by atoms with E-state index in [0.717, 1.165) is 35.3 Å². The second-order valence-electron chi connectivity index (χ2n) is 7.59. The molecule has 27 heavy (non-hydrogen) atoms. The minimum Gasteiger partial charge on any atom is -0.507 e. The normalized spacial score (nSPS) is 20.5. The minimum atomic E-state index is -0.502. The molecule has 2 aromatic carbocycles. The molecule has 3 atom stereocenters. The van der Waals surface area contributed by atoms with Gasteiger partial charge in [-0.2, -0.15) is 0 Å². The third-order valence-corrected chi connectivity index (χ3v) is 5.86. The third-order valence-electron chi connectivity index (χ3n) is 5.86. The van der Waals surface area contributed by atoms with Gasteiger partial charge in [0.1, 0.15) is 11.5 Å². The first-order chi connectivity index (χ1) is 12.9. The first-order valence-electron chi connectivity index (χ1n) is 9.56. The van der Waals surface area contributed by atoms with E-state index in [-0.39, 0.29) is 17.6 Å². The summed E-state index contributed by atoms with van der Waals surface area (Å²) in [5, 5.41) is 21.0. The molecule has 144 valence electrons. The number of rotatable bonds is 5. The number of hydrogen-bond acceptors (Lipinski definition) is 4. The van der Waals surface area contributed by atoms with E-state index in [2.05, 4.69) is 24.9 Å². The van der Waals surface area contributed by atoms with E-state index in [1.165, 1.54) is 11.1 Å². The summed E-state index contributed by atoms with van der Waals surface area (Å²) in [5.74, 6) is 1.47. The SMILES string of the molecule is COc1cc(C)c2c(c1C)[C@H](O)[C@H]([C@H](C)CN=Cc1ccccc1O)CC2. The summed E-state index contributed by atoms with van der Waals surface area (Å²) >= 11 is 0. The monoisotopic (exact) mass is 367 g/mol. The van der Waals surface area contributed by atoms with Crippen molar-refractivity contribution in [2.75, 3.05) is 13.7 Å². The van der Waals surface area contributed by atoms with Crippen molar-refractivity contribution >= 4 is 6.21 Å². The Hall–Kier alpha value is -2.33. The van der Waals surface area contributed by atoms with Gasteiger partial charge in [-0.15, -0.1) is 0 Å². The van der Waals surface area contributed by atoms with E-state index in [1.54, 1.807) is 25.5 Å². The molecule has 2 N–H and O–H groups in total. The molecule has 0 amide bonds. The first kappa shape index (κ1) is 19.4. The quantitative estimate of drug-likeness (QED) is 0.772. The Labute approximate surface area is 161 Å². The van der Waals surface area contributed by atoms with Crippen molar-refractivity contribution in [1.29, 1.82) is 0 Å². The van der Waals surface area contributed by atoms with E-state index in [9.17, 15) is 10.2 Å². The fraction of sp³-hybridized carbons (Fsp3) is 0.435. The number of para-hydroxylation sites is 1. The predicted molar refractivity (Wildman–Crippen MR) is 109 cm³/mol. The van der Waals surface area contributed by atoms with E-state index in [1.807, 2.05) is 19.1 Å². The van der Waals surface area contributed by atoms with Crippen LogP contribution in [0.5, 0.6) is 11.5 Å². The van der Waals surface area contributed by atoms with Gasteiger partial charge in [0.25, 0.3) is 0 Å². The van der Waals surface area contributed by atoms with Crippen LogP contribution in [0.4, 0.5) is 0 Å². The molecule has 2 aromatic rings. The van der Waals surface area contributed by atoms with Crippen LogP contribution in [-0.2, 0) is 6.42 Å². The molecule has 0 spiro atoms. The van der Waals surface area contributed by atoms with Crippen LogP contribution in [0.25, 0.3) is 0 Å². The highest BCUT2D eigenvalue weighted by molar-refractivity contribution is 5.83. The van der Waals surface area contributed by atoms with E-state index < -0.39 is 6.10 Å². The van der Waals surface area contributed by atoms with Crippen molar-refractivity contribution in [3.63, 3.8) is 0 Å². The lowest BCUT2D eigenvalue weighted by atomic mass is 9.73. The lowest BCUT2D eigenvalue weighted by molar-refractivity contribution is 0.0634. The molecular formula is C23H29NO3. The van der Waals surface area contributed by atoms with E-state index in [4.69, 9.17) is 4.74 Å². The van der Waals surface area contributed by atoms with Crippen molar-refractivity contribution in [3.8, 4) is 11.5 Å². The topological polar surface area (TPSA) is 62.0 Å². The Morgan fingerprint density at radius 1 is 1.30 bits per heavy atom. The summed E-state index contributed by atoms with van der Waals surface area (Å²) in [4.78, 5) is 4.52. The highest BCUT2D eigenvalue weighted by Gasteiger charge is 2.34. The van der Waals surface area contributed by atoms with Gasteiger partial charge in [0.05, 0.1) is 13.2 Å². The molecule has 1 aliphatic carbocycles. The van der Waals surface area contributed by atoms with Crippen LogP contribution in [-0.4, -0.2) is 30.1 Å². The number of aliphatic imine (C=N–C) groups is 1. The zero-order valence-electron chi connectivity index (χ0n) is 16.6. The average Bonchev–Trinajstić information content (AvgIpc) is 2.65. The maximum atomic E-state index is 11.1. The van der Waals surface area contributed by atoms with Crippen molar-refractivity contribution in [2.24, 2.45) is 16.8 Å². The molecule has 0 aromatic heterocycles. The maximum absolute atomic E-state index is 11.1. The number of phenolic OH excluding ortho intramolecular Hbond substituents is 1. The van der Waals surface area contributed by atoms with Gasteiger partial charge in [0.15, 0.2) is 0 Å². The highest BCUT2D eigenvalue weighted by atomic mass is 16.5. The molecule has 0 unspecified atom stereocenters. The Kier molecular flexibility index (Phi) is 5.85. The fourth-order valence-corrected chi connectivity index (χ4v) is 4.24. The number of aliphatic hydroxyl groups is 1. The van der Waals surface area contributed by atoms with Gasteiger partial charge in [-0.3, -0.25) is 4.99 Å². The smallest absolute Gasteiger partial charge is 0.124 e. The number of phenols is 1. The van der Waals surface area contributed by atoms with Gasteiger partial charge in [-0.25, -0.2) is 0 Å². The molecule has 4 nitrogen and oxygen atoms in total. The summed E-state index contributed by atoms with van der Waals surface area (Å²) in [6.07, 6.45) is 3.14. The van der Waals surface area contributed by atoms with Crippen LogP contribution in [0.2, 0.25) is 0 Å². The zero-order chi connectivity index (χ0) is 19.6. The van der Waals surface area contributed by atoms with Gasteiger partial charge in [-0.05, 0) is 79.0 Å². The van der Waals surface area contributed by atoms with Gasteiger partial charge in [-0.1, -0.05) is 19.1 Å². The molecule has 0 aliphatic heterocycles. The minimum absolute atomic E-state index is 0.157. The first-order valence-corrected chi connectivity index (χ1v) is 9.56. The summed E-state index contributed by atoms with van der Waals surface area (Å²) < 4.78 is 5.50. The second kappa shape index (κ2) is 8.13. The van der Waals surface area contributed by atoms with Gasteiger partial charge < -0.3 is 14.9 Å². The number of benzene rings is 2. The Morgan fingerprint density at radius 2 is 2.04 bits per heavy atom. The number of aliphatic hydroxyl groups excluding tert-OH is 1. The van der Waals surface area contributed by atoms with Crippen molar-refractivity contribution in [3.05, 3.63) is 58.1 Å². The van der Waals surface area contributed by atoms with Gasteiger partial charge in [0, 0.05) is 18.3 Å². The van der Waals surface area contributed by atoms with Crippen LogP contribution in [0.1, 0.15) is 47.3 Å². The molecular weight excluding hydrogens is 338 g/mol. The lowest BCUT2D eigenvalue weighted by Crippen LogP contribution is -2.29. The predicted octanol–water partition coefficient (Wildman–Crippen LogP) is 4.37. The van der Waals surface area contributed by atoms with Crippen LogP contribution in [0.15, 0.2) is 35.3 Å². The van der Waals surface area contributed by atoms with Gasteiger partial charge >= 0.3 is 0 Å². The highest BCUT2D eigenvalue weighted by Crippen LogP contribution is 2.43. The number of methoxy groups -OCH3 is 1. The molecule has 0 saturated carbocycles. The van der Waals surface area contributed by atoms with E-state index >= 15 is 0 Å². The molecule has 0 bridgehead atoms. The van der Waals surface area contributed by atoms with Crippen LogP contribution < -0.4 is 4.74 Å². The zero-order valence-corrected chi connectivity index (χ0v) is 16.6. The molecule has 0 fully saturated rings. The summed E-state index contributed by atoms with van der Waals surface area (Å²) in [7, 11) is 1.68. The summed E-state index contributed by atoms with van der Waals surface area (Å²) in [5.41, 5.74) is 5.26. The number of fused-ring (bicyclic) bond motifs is 1. The largest absolute Gasteiger partial charge is 0.507 e. The van der Waals surface area contributed by atoms with Crippen LogP contribution in [0, 0.1) is 25.7 Å². The summed E-state index contributed by atoms with van der Waals surface area (Å²) in [6, 6.07) is 9.24. The lowest BCUT2D eigenvalue weighted by Gasteiger charge is -2.36. The number of nitrogens with zero attached hydrogens (tertiary/aromatic N) is 1. The Bertz CT molecular complexity index is 844. The van der Waals surface area contributed by atoms with Crippen molar-refractivity contribution in [2.45, 2.75) is 39.7 Å². The molecule has 0 heterocycles. The molecule has 0 radical (unpaired) electrons. The second-order valence-corrected chi connectivity index (χ2v) is 7.59. The molecule has 0 saturated heterocycles. The van der Waals surface area contributed by atoms with Crippen molar-refractivity contribution in [1.82, 2.24) is 0 Å². The average molecular weight is 367 g/mol. The number of aromatic hydroxyl groups is 1. The number of hydrogen-bond donors (Lipinski definition) is 2. The molecule has 3 rings (SSSR count). The van der Waals surface area contributed by atoms with Crippen molar-refractivity contribution < 1.29 is 14.9 Å².